The average Bonchev–Trinajstić information content (AvgIpc) is 3.16. The number of amides is 4. The van der Waals surface area contributed by atoms with Crippen molar-refractivity contribution >= 4 is 28.7 Å². The maximum atomic E-state index is 12.4. The van der Waals surface area contributed by atoms with Crippen LogP contribution in [0.2, 0.25) is 0 Å². The predicted molar refractivity (Wildman–Crippen MR) is 115 cm³/mol. The van der Waals surface area contributed by atoms with Gasteiger partial charge in [-0.15, -0.1) is 0 Å². The van der Waals surface area contributed by atoms with Crippen molar-refractivity contribution in [2.75, 3.05) is 45.1 Å². The first kappa shape index (κ1) is 20.9. The number of nitrogens with one attached hydrogen (secondary N) is 3. The van der Waals surface area contributed by atoms with Crippen LogP contribution in [0.4, 0.5) is 15.3 Å². The number of rotatable bonds is 6. The summed E-state index contributed by atoms with van der Waals surface area (Å²) in [5.41, 5.74) is 2.48. The Labute approximate surface area is 171 Å². The van der Waals surface area contributed by atoms with Gasteiger partial charge in [-0.05, 0) is 32.4 Å². The minimum absolute atomic E-state index is 0.0308. The van der Waals surface area contributed by atoms with E-state index < -0.39 is 0 Å². The van der Waals surface area contributed by atoms with Gasteiger partial charge in [0.1, 0.15) is 0 Å². The lowest BCUT2D eigenvalue weighted by Crippen LogP contribution is -2.45. The summed E-state index contributed by atoms with van der Waals surface area (Å²) >= 11 is 0. The topological polar surface area (TPSA) is 89.6 Å². The van der Waals surface area contributed by atoms with E-state index in [0.29, 0.717) is 13.1 Å². The monoisotopic (exact) mass is 398 g/mol. The number of fused-ring (bicyclic) bond motifs is 1. The number of likely N-dealkylation sites (tertiary alicyclic amines) is 1. The molecule has 1 aliphatic heterocycles. The number of carbonyl (C=O) groups is 2. The van der Waals surface area contributed by atoms with Gasteiger partial charge < -0.3 is 20.9 Å². The largest absolute Gasteiger partial charge is 0.338 e. The Morgan fingerprint density at radius 2 is 2.07 bits per heavy atom. The van der Waals surface area contributed by atoms with E-state index >= 15 is 0 Å². The summed E-state index contributed by atoms with van der Waals surface area (Å²) in [6, 6.07) is 9.59. The average molecular weight is 399 g/mol. The second-order valence-electron chi connectivity index (χ2n) is 7.40. The molecule has 156 valence electrons. The second kappa shape index (κ2) is 9.56. The van der Waals surface area contributed by atoms with Crippen molar-refractivity contribution in [3.63, 3.8) is 0 Å². The molecule has 29 heavy (non-hydrogen) atoms. The van der Waals surface area contributed by atoms with Crippen molar-refractivity contribution in [1.82, 2.24) is 25.4 Å². The molecule has 1 unspecified atom stereocenters. The van der Waals surface area contributed by atoms with Crippen molar-refractivity contribution in [2.24, 2.45) is 0 Å². The van der Waals surface area contributed by atoms with Crippen molar-refractivity contribution < 1.29 is 9.59 Å². The van der Waals surface area contributed by atoms with Crippen LogP contribution in [0.5, 0.6) is 0 Å². The molecule has 0 saturated carbocycles. The van der Waals surface area contributed by atoms with Gasteiger partial charge in [0, 0.05) is 56.9 Å². The van der Waals surface area contributed by atoms with E-state index in [2.05, 4.69) is 25.8 Å². The number of pyridine rings is 1. The van der Waals surface area contributed by atoms with Crippen LogP contribution >= 0.6 is 0 Å². The Balaban J connectivity index is 1.46. The number of benzene rings is 1. The molecule has 1 fully saturated rings. The number of para-hydroxylation sites is 1. The first-order valence-corrected chi connectivity index (χ1v) is 10.1. The van der Waals surface area contributed by atoms with Crippen LogP contribution in [0.25, 0.3) is 10.9 Å². The lowest BCUT2D eigenvalue weighted by molar-refractivity contribution is 0.189. The van der Waals surface area contributed by atoms with Gasteiger partial charge in [-0.3, -0.25) is 9.88 Å². The first-order chi connectivity index (χ1) is 14.0. The van der Waals surface area contributed by atoms with Crippen LogP contribution in [0, 0.1) is 6.92 Å². The number of hydrogen-bond donors (Lipinski definition) is 3. The smallest absolute Gasteiger partial charge is 0.319 e. The van der Waals surface area contributed by atoms with E-state index in [0.717, 1.165) is 48.3 Å². The maximum Gasteiger partial charge on any atom is 0.319 e. The third kappa shape index (κ3) is 5.35. The van der Waals surface area contributed by atoms with Crippen molar-refractivity contribution in [3.05, 3.63) is 36.0 Å². The minimum Gasteiger partial charge on any atom is -0.338 e. The van der Waals surface area contributed by atoms with Gasteiger partial charge in [-0.2, -0.15) is 0 Å². The van der Waals surface area contributed by atoms with E-state index in [1.807, 2.05) is 51.2 Å². The van der Waals surface area contributed by atoms with Gasteiger partial charge in [0.2, 0.25) is 0 Å². The van der Waals surface area contributed by atoms with Gasteiger partial charge in [0.15, 0.2) is 0 Å². The molecule has 4 amide bonds. The summed E-state index contributed by atoms with van der Waals surface area (Å²) in [4.78, 5) is 32.9. The maximum absolute atomic E-state index is 12.4. The molecule has 2 aromatic rings. The van der Waals surface area contributed by atoms with Crippen molar-refractivity contribution in [3.8, 4) is 0 Å². The van der Waals surface area contributed by atoms with Crippen molar-refractivity contribution in [2.45, 2.75) is 26.3 Å². The fourth-order valence-corrected chi connectivity index (χ4v) is 3.68. The Morgan fingerprint density at radius 1 is 1.28 bits per heavy atom. The summed E-state index contributed by atoms with van der Waals surface area (Å²) in [7, 11) is 1.84. The molecule has 0 spiro atoms. The summed E-state index contributed by atoms with van der Waals surface area (Å²) in [5.74, 6) is 0. The van der Waals surface area contributed by atoms with E-state index in [4.69, 9.17) is 0 Å². The van der Waals surface area contributed by atoms with Crippen LogP contribution in [0.15, 0.2) is 30.3 Å². The number of hydrogen-bond acceptors (Lipinski definition) is 4. The van der Waals surface area contributed by atoms with Crippen LogP contribution < -0.4 is 16.0 Å². The van der Waals surface area contributed by atoms with Gasteiger partial charge >= 0.3 is 12.1 Å². The third-order valence-electron chi connectivity index (χ3n) is 5.25. The molecule has 3 rings (SSSR count). The molecule has 0 radical (unpaired) electrons. The normalized spacial score (nSPS) is 16.6. The quantitative estimate of drug-likeness (QED) is 0.697. The molecule has 0 aliphatic carbocycles. The standard InChI is InChI=1S/C21H30N6O2/c1-4-22-21(29)26(3)16-9-11-27(14-16)12-10-23-20(28)25-19-13-15(2)24-18-8-6-5-7-17(18)19/h5-8,13,16H,4,9-12,14H2,1-3H3,(H,22,29)(H2,23,24,25,28). The number of aryl methyl sites for hydroxylation is 1. The number of carbonyl (C=O) groups excluding carboxylic acids is 2. The predicted octanol–water partition coefficient (Wildman–Crippen LogP) is 2.40. The zero-order chi connectivity index (χ0) is 20.8. The lowest BCUT2D eigenvalue weighted by atomic mass is 10.1. The fourth-order valence-electron chi connectivity index (χ4n) is 3.68. The molecule has 2 heterocycles. The molecule has 8 heteroatoms. The highest BCUT2D eigenvalue weighted by Crippen LogP contribution is 2.22. The van der Waals surface area contributed by atoms with E-state index in [9.17, 15) is 9.59 Å². The van der Waals surface area contributed by atoms with Crippen molar-refractivity contribution in [1.29, 1.82) is 0 Å². The minimum atomic E-state index is -0.226. The number of likely N-dealkylation sites (N-methyl/N-ethyl adjacent to an activating group) is 1. The van der Waals surface area contributed by atoms with Gasteiger partial charge in [0.25, 0.3) is 0 Å². The SMILES string of the molecule is CCNC(=O)N(C)C1CCN(CCNC(=O)Nc2cc(C)nc3ccccc23)C1. The molecular weight excluding hydrogens is 368 g/mol. The Hall–Kier alpha value is -2.87. The van der Waals surface area contributed by atoms with Crippen LogP contribution in [0.3, 0.4) is 0 Å². The molecule has 1 aromatic heterocycles. The Kier molecular flexibility index (Phi) is 6.87. The summed E-state index contributed by atoms with van der Waals surface area (Å²) < 4.78 is 0. The highest BCUT2D eigenvalue weighted by molar-refractivity contribution is 6.00. The number of nitrogens with zero attached hydrogens (tertiary/aromatic N) is 3. The van der Waals surface area contributed by atoms with Gasteiger partial charge in [-0.25, -0.2) is 9.59 Å². The molecule has 1 aliphatic rings. The Morgan fingerprint density at radius 3 is 2.86 bits per heavy atom. The molecule has 3 N–H and O–H groups in total. The molecule has 0 bridgehead atoms. The second-order valence-corrected chi connectivity index (χ2v) is 7.40. The lowest BCUT2D eigenvalue weighted by Gasteiger charge is -2.25. The van der Waals surface area contributed by atoms with E-state index in [-0.39, 0.29) is 18.1 Å². The van der Waals surface area contributed by atoms with E-state index in [1.54, 1.807) is 4.90 Å². The number of urea groups is 2. The van der Waals surface area contributed by atoms with Gasteiger partial charge in [0.05, 0.1) is 11.2 Å². The zero-order valence-corrected chi connectivity index (χ0v) is 17.4. The summed E-state index contributed by atoms with van der Waals surface area (Å²) in [6.45, 7) is 7.51. The zero-order valence-electron chi connectivity index (χ0n) is 17.4. The molecule has 8 nitrogen and oxygen atoms in total. The first-order valence-electron chi connectivity index (χ1n) is 10.1. The number of aromatic nitrogens is 1. The van der Waals surface area contributed by atoms with Crippen LogP contribution in [0.1, 0.15) is 19.0 Å². The van der Waals surface area contributed by atoms with Gasteiger partial charge in [-0.1, -0.05) is 18.2 Å². The van der Waals surface area contributed by atoms with E-state index in [1.165, 1.54) is 0 Å². The van der Waals surface area contributed by atoms with Crippen LogP contribution in [-0.4, -0.2) is 72.7 Å². The van der Waals surface area contributed by atoms with Crippen LogP contribution in [-0.2, 0) is 0 Å². The molecule has 1 atom stereocenters. The highest BCUT2D eigenvalue weighted by atomic mass is 16.2. The molecule has 1 aromatic carbocycles. The summed E-state index contributed by atoms with van der Waals surface area (Å²) in [5, 5.41) is 9.62. The number of anilines is 1. The molecule has 1 saturated heterocycles. The third-order valence-corrected chi connectivity index (χ3v) is 5.25. The highest BCUT2D eigenvalue weighted by Gasteiger charge is 2.27. The fraction of sp³-hybridized carbons (Fsp3) is 0.476. The molecular formula is C21H30N6O2. The Bertz CT molecular complexity index is 871. The summed E-state index contributed by atoms with van der Waals surface area (Å²) in [6.07, 6.45) is 0.947.